The van der Waals surface area contributed by atoms with Crippen LogP contribution in [0.2, 0.25) is 0 Å². The molecule has 0 unspecified atom stereocenters. The lowest BCUT2D eigenvalue weighted by Gasteiger charge is -2.39. The summed E-state index contributed by atoms with van der Waals surface area (Å²) in [4.78, 5) is 30.0. The Morgan fingerprint density at radius 3 is 2.12 bits per heavy atom. The molecule has 1 aliphatic rings. The highest BCUT2D eigenvalue weighted by Gasteiger charge is 2.51. The molecule has 0 saturated heterocycles. The molecule has 2 rings (SSSR count). The smallest absolute Gasteiger partial charge is 0.428 e. The highest BCUT2D eigenvalue weighted by atomic mass is 19.3. The van der Waals surface area contributed by atoms with Gasteiger partial charge in [-0.1, -0.05) is 0 Å². The van der Waals surface area contributed by atoms with Gasteiger partial charge in [-0.3, -0.25) is 0 Å². The number of imide groups is 1. The van der Waals surface area contributed by atoms with Crippen LogP contribution in [0.1, 0.15) is 60.5 Å². The van der Waals surface area contributed by atoms with E-state index in [2.05, 4.69) is 4.99 Å². The molecule has 0 aromatic heterocycles. The first-order valence-corrected chi connectivity index (χ1v) is 10.3. The molecule has 11 heteroatoms. The minimum absolute atomic E-state index is 0.0402. The Hall–Kier alpha value is -2.98. The van der Waals surface area contributed by atoms with Crippen LogP contribution >= 0.6 is 0 Å². The molecule has 1 aromatic rings. The third-order valence-electron chi connectivity index (χ3n) is 4.36. The monoisotopic (exact) mass is 473 g/mol. The van der Waals surface area contributed by atoms with Gasteiger partial charge in [-0.2, -0.15) is 0 Å². The van der Waals surface area contributed by atoms with Crippen molar-refractivity contribution in [2.24, 2.45) is 4.99 Å². The number of alkyl halides is 2. The molecule has 0 spiro atoms. The number of halogens is 3. The van der Waals surface area contributed by atoms with Gasteiger partial charge in [0.15, 0.2) is 5.54 Å². The Kier molecular flexibility index (Phi) is 7.25. The predicted molar refractivity (Wildman–Crippen MR) is 115 cm³/mol. The number of nitrogen functional groups attached to an aromatic ring is 1. The van der Waals surface area contributed by atoms with Crippen molar-refractivity contribution in [3.8, 4) is 0 Å². The van der Waals surface area contributed by atoms with E-state index >= 15 is 0 Å². The Bertz CT molecular complexity index is 912. The van der Waals surface area contributed by atoms with Crippen LogP contribution < -0.4 is 5.73 Å². The standard InChI is InChI=1S/C22H30F3N3O5/c1-12-11-22(16(24)25,14-10-13(26)8-9-15(14)23)27-17(31-12)28(18(29)32-20(2,3)4)19(30)33-21(5,6)7/h8-10,12,16H,11,26H2,1-7H3/t12-,22+/m1/s1. The number of hydrogen-bond acceptors (Lipinski definition) is 7. The molecule has 184 valence electrons. The van der Waals surface area contributed by atoms with Crippen molar-refractivity contribution in [1.82, 2.24) is 4.90 Å². The quantitative estimate of drug-likeness (QED) is 0.592. The van der Waals surface area contributed by atoms with Gasteiger partial charge in [0.1, 0.15) is 23.1 Å². The van der Waals surface area contributed by atoms with E-state index in [9.17, 15) is 22.8 Å². The second-order valence-electron chi connectivity index (χ2n) is 9.79. The number of anilines is 1. The summed E-state index contributed by atoms with van der Waals surface area (Å²) >= 11 is 0. The third-order valence-corrected chi connectivity index (χ3v) is 4.36. The van der Waals surface area contributed by atoms with Gasteiger partial charge < -0.3 is 19.9 Å². The zero-order valence-electron chi connectivity index (χ0n) is 19.7. The summed E-state index contributed by atoms with van der Waals surface area (Å²) in [6, 6.07) is 2.42. The molecule has 1 heterocycles. The van der Waals surface area contributed by atoms with Crippen molar-refractivity contribution >= 4 is 23.9 Å². The van der Waals surface area contributed by atoms with Gasteiger partial charge >= 0.3 is 18.2 Å². The van der Waals surface area contributed by atoms with E-state index in [-0.39, 0.29) is 5.69 Å². The number of carbonyl (C=O) groups excluding carboxylic acids is 2. The van der Waals surface area contributed by atoms with E-state index in [0.29, 0.717) is 4.90 Å². The largest absolute Gasteiger partial charge is 0.461 e. The Balaban J connectivity index is 2.70. The summed E-state index contributed by atoms with van der Waals surface area (Å²) in [5.74, 6) is -0.970. The lowest BCUT2D eigenvalue weighted by Crippen LogP contribution is -2.53. The first kappa shape index (κ1) is 26.3. The molecule has 2 amide bonds. The molecule has 33 heavy (non-hydrogen) atoms. The number of benzene rings is 1. The molecule has 2 atom stereocenters. The van der Waals surface area contributed by atoms with E-state index < -0.39 is 65.3 Å². The SMILES string of the molecule is C[C@@H]1C[C@](c2cc(N)ccc2F)(C(F)F)N=C(N(C(=O)OC(C)(C)C)C(=O)OC(C)(C)C)O1. The highest BCUT2D eigenvalue weighted by Crippen LogP contribution is 2.43. The number of rotatable bonds is 2. The second-order valence-corrected chi connectivity index (χ2v) is 9.79. The van der Waals surface area contributed by atoms with E-state index in [0.717, 1.165) is 12.1 Å². The van der Waals surface area contributed by atoms with Crippen molar-refractivity contribution < 1.29 is 37.0 Å². The number of nitrogens with zero attached hydrogens (tertiary/aromatic N) is 2. The fraction of sp³-hybridized carbons (Fsp3) is 0.591. The molecule has 8 nitrogen and oxygen atoms in total. The second kappa shape index (κ2) is 9.11. The summed E-state index contributed by atoms with van der Waals surface area (Å²) in [7, 11) is 0. The van der Waals surface area contributed by atoms with E-state index in [4.69, 9.17) is 19.9 Å². The summed E-state index contributed by atoms with van der Waals surface area (Å²) in [6.07, 6.45) is -7.15. The maximum atomic E-state index is 14.7. The fourth-order valence-electron chi connectivity index (χ4n) is 3.15. The normalized spacial score (nSPS) is 21.2. The number of ether oxygens (including phenoxy) is 3. The Morgan fingerprint density at radius 1 is 1.15 bits per heavy atom. The third kappa shape index (κ3) is 6.29. The maximum absolute atomic E-state index is 14.7. The van der Waals surface area contributed by atoms with Gasteiger partial charge in [0.2, 0.25) is 0 Å². The number of carbonyl (C=O) groups is 2. The van der Waals surface area contributed by atoms with Gasteiger partial charge in [-0.05, 0) is 66.7 Å². The van der Waals surface area contributed by atoms with Crippen molar-refractivity contribution in [2.45, 2.75) is 84.2 Å². The fourth-order valence-corrected chi connectivity index (χ4v) is 3.15. The maximum Gasteiger partial charge on any atom is 0.428 e. The predicted octanol–water partition coefficient (Wildman–Crippen LogP) is 5.21. The minimum Gasteiger partial charge on any atom is -0.461 e. The lowest BCUT2D eigenvalue weighted by molar-refractivity contribution is -0.0144. The molecular weight excluding hydrogens is 443 g/mol. The van der Waals surface area contributed by atoms with Crippen LogP contribution in [0, 0.1) is 5.82 Å². The molecule has 0 radical (unpaired) electrons. The van der Waals surface area contributed by atoms with Crippen LogP contribution in [0.5, 0.6) is 0 Å². The number of aliphatic imine (C=N–C) groups is 1. The van der Waals surface area contributed by atoms with Gasteiger partial charge in [-0.15, -0.1) is 4.90 Å². The number of hydrogen-bond donors (Lipinski definition) is 1. The molecule has 1 aliphatic heterocycles. The van der Waals surface area contributed by atoms with E-state index in [1.54, 1.807) is 41.5 Å². The molecule has 0 bridgehead atoms. The highest BCUT2D eigenvalue weighted by molar-refractivity contribution is 6.06. The summed E-state index contributed by atoms with van der Waals surface area (Å²) in [5.41, 5.74) is 0.696. The van der Waals surface area contributed by atoms with Crippen LogP contribution in [0.15, 0.2) is 23.2 Å². The molecule has 0 fully saturated rings. The zero-order valence-corrected chi connectivity index (χ0v) is 19.7. The number of amidine groups is 1. The first-order chi connectivity index (χ1) is 14.9. The first-order valence-electron chi connectivity index (χ1n) is 10.3. The summed E-state index contributed by atoms with van der Waals surface area (Å²) in [6.45, 7) is 10.7. The van der Waals surface area contributed by atoms with Crippen LogP contribution in [-0.4, -0.2) is 46.8 Å². The van der Waals surface area contributed by atoms with Crippen molar-refractivity contribution in [2.75, 3.05) is 5.73 Å². The number of amides is 2. The Labute approximate surface area is 190 Å². The van der Waals surface area contributed by atoms with E-state index in [1.165, 1.54) is 13.0 Å². The average molecular weight is 473 g/mol. The molecule has 0 aliphatic carbocycles. The van der Waals surface area contributed by atoms with Gasteiger partial charge in [0.05, 0.1) is 0 Å². The van der Waals surface area contributed by atoms with Crippen LogP contribution in [-0.2, 0) is 19.7 Å². The molecule has 2 N–H and O–H groups in total. The molecule has 1 aromatic carbocycles. The molecule has 0 saturated carbocycles. The topological polar surface area (TPSA) is 103 Å². The zero-order chi connectivity index (χ0) is 25.4. The average Bonchev–Trinajstić information content (AvgIpc) is 2.60. The van der Waals surface area contributed by atoms with Crippen LogP contribution in [0.25, 0.3) is 0 Å². The minimum atomic E-state index is -3.23. The van der Waals surface area contributed by atoms with Crippen LogP contribution in [0.4, 0.5) is 28.4 Å². The van der Waals surface area contributed by atoms with Crippen LogP contribution in [0.3, 0.4) is 0 Å². The number of nitrogens with two attached hydrogens (primary N) is 1. The lowest BCUT2D eigenvalue weighted by atomic mass is 9.84. The summed E-state index contributed by atoms with van der Waals surface area (Å²) < 4.78 is 59.7. The van der Waals surface area contributed by atoms with Gasteiger partial charge in [-0.25, -0.2) is 27.8 Å². The van der Waals surface area contributed by atoms with Crippen molar-refractivity contribution in [1.29, 1.82) is 0 Å². The van der Waals surface area contributed by atoms with E-state index in [1.807, 2.05) is 0 Å². The Morgan fingerprint density at radius 2 is 1.67 bits per heavy atom. The van der Waals surface area contributed by atoms with Crippen molar-refractivity contribution in [3.63, 3.8) is 0 Å². The van der Waals surface area contributed by atoms with Gasteiger partial charge in [0.25, 0.3) is 6.43 Å². The van der Waals surface area contributed by atoms with Gasteiger partial charge in [0, 0.05) is 17.7 Å². The molecular formula is C22H30F3N3O5. The van der Waals surface area contributed by atoms with Crippen molar-refractivity contribution in [3.05, 3.63) is 29.6 Å². The summed E-state index contributed by atoms with van der Waals surface area (Å²) in [5, 5.41) is 0.